The smallest absolute Gasteiger partial charge is 0.247 e. The van der Waals surface area contributed by atoms with Crippen LogP contribution in [0, 0.1) is 13.8 Å². The van der Waals surface area contributed by atoms with E-state index in [4.69, 9.17) is 0 Å². The highest BCUT2D eigenvalue weighted by atomic mass is 16.2. The number of amides is 1. The van der Waals surface area contributed by atoms with Crippen molar-refractivity contribution in [1.29, 1.82) is 0 Å². The average molecular weight is 361 g/mol. The molecule has 3 rings (SSSR count). The Labute approximate surface area is 161 Å². The quantitative estimate of drug-likeness (QED) is 0.713. The number of aromatic nitrogens is 2. The lowest BCUT2D eigenvalue weighted by Crippen LogP contribution is -2.45. The van der Waals surface area contributed by atoms with Crippen molar-refractivity contribution in [2.24, 2.45) is 0 Å². The molecule has 4 nitrogen and oxygen atoms in total. The number of aryl methyl sites for hydroxylation is 2. The minimum absolute atomic E-state index is 0.0336. The predicted octanol–water partition coefficient (Wildman–Crippen LogP) is 4.26. The summed E-state index contributed by atoms with van der Waals surface area (Å²) >= 11 is 0. The summed E-state index contributed by atoms with van der Waals surface area (Å²) in [5.74, 6) is -0.0336. The number of nitrogens with zero attached hydrogens (tertiary/aromatic N) is 2. The first-order valence-electron chi connectivity index (χ1n) is 9.33. The molecule has 0 atom stereocenters. The van der Waals surface area contributed by atoms with Crippen LogP contribution in [0.4, 0.5) is 0 Å². The summed E-state index contributed by atoms with van der Waals surface area (Å²) in [4.78, 5) is 12.7. The number of carbonyl (C=O) groups excluding carboxylic acids is 1. The van der Waals surface area contributed by atoms with Gasteiger partial charge in [-0.25, -0.2) is 0 Å². The predicted molar refractivity (Wildman–Crippen MR) is 110 cm³/mol. The molecule has 140 valence electrons. The van der Waals surface area contributed by atoms with Gasteiger partial charge in [-0.1, -0.05) is 54.1 Å². The van der Waals surface area contributed by atoms with Crippen LogP contribution in [0.1, 0.15) is 30.5 Å². The number of rotatable bonds is 6. The van der Waals surface area contributed by atoms with Gasteiger partial charge in [-0.3, -0.25) is 9.48 Å². The van der Waals surface area contributed by atoms with Gasteiger partial charge in [-0.05, 0) is 50.8 Å². The van der Waals surface area contributed by atoms with Crippen LogP contribution in [-0.2, 0) is 16.8 Å². The topological polar surface area (TPSA) is 46.9 Å². The molecule has 0 radical (unpaired) electrons. The van der Waals surface area contributed by atoms with Gasteiger partial charge in [0.15, 0.2) is 0 Å². The number of benzene rings is 2. The summed E-state index contributed by atoms with van der Waals surface area (Å²) in [6, 6.07) is 16.5. The molecule has 0 unspecified atom stereocenters. The van der Waals surface area contributed by atoms with Crippen LogP contribution in [0.15, 0.2) is 60.9 Å². The molecule has 0 fully saturated rings. The van der Waals surface area contributed by atoms with E-state index in [0.29, 0.717) is 6.54 Å². The van der Waals surface area contributed by atoms with Crippen molar-refractivity contribution >= 4 is 5.91 Å². The minimum atomic E-state index is -0.756. The summed E-state index contributed by atoms with van der Waals surface area (Å²) in [5.41, 5.74) is 5.08. The number of carbonyl (C=O) groups is 1. The number of hydrogen-bond acceptors (Lipinski definition) is 2. The first kappa shape index (κ1) is 18.9. The highest BCUT2D eigenvalue weighted by Crippen LogP contribution is 2.26. The van der Waals surface area contributed by atoms with Crippen molar-refractivity contribution < 1.29 is 4.79 Å². The third-order valence-corrected chi connectivity index (χ3v) is 4.95. The fraction of sp³-hybridized carbons (Fsp3) is 0.304. The second kappa shape index (κ2) is 7.78. The molecule has 2 aromatic carbocycles. The summed E-state index contributed by atoms with van der Waals surface area (Å²) in [5, 5.41) is 7.51. The zero-order valence-electron chi connectivity index (χ0n) is 16.5. The van der Waals surface area contributed by atoms with Gasteiger partial charge in [0.2, 0.25) is 5.91 Å². The first-order valence-corrected chi connectivity index (χ1v) is 9.33. The Balaban J connectivity index is 1.69. The summed E-state index contributed by atoms with van der Waals surface area (Å²) in [7, 11) is 0. The van der Waals surface area contributed by atoms with E-state index >= 15 is 0 Å². The second-order valence-corrected chi connectivity index (χ2v) is 7.54. The molecule has 1 heterocycles. The zero-order valence-corrected chi connectivity index (χ0v) is 16.5. The average Bonchev–Trinajstić information content (AvgIpc) is 3.13. The highest BCUT2D eigenvalue weighted by Gasteiger charge is 2.30. The van der Waals surface area contributed by atoms with Crippen LogP contribution in [0.3, 0.4) is 0 Å². The maximum Gasteiger partial charge on any atom is 0.247 e. The van der Waals surface area contributed by atoms with Gasteiger partial charge in [0.1, 0.15) is 5.54 Å². The molecule has 3 aromatic rings. The van der Waals surface area contributed by atoms with Crippen LogP contribution in [-0.4, -0.2) is 22.2 Å². The number of hydrogen-bond donors (Lipinski definition) is 1. The van der Waals surface area contributed by atoms with E-state index < -0.39 is 5.54 Å². The highest BCUT2D eigenvalue weighted by molar-refractivity contribution is 5.83. The lowest BCUT2D eigenvalue weighted by molar-refractivity contribution is -0.128. The minimum Gasteiger partial charge on any atom is -0.354 e. The van der Waals surface area contributed by atoms with Crippen LogP contribution in [0.5, 0.6) is 0 Å². The normalized spacial score (nSPS) is 11.4. The van der Waals surface area contributed by atoms with Gasteiger partial charge in [0.25, 0.3) is 0 Å². The molecule has 0 aliphatic carbocycles. The molecule has 0 saturated heterocycles. The molecule has 0 saturated carbocycles. The fourth-order valence-electron chi connectivity index (χ4n) is 3.19. The summed E-state index contributed by atoms with van der Waals surface area (Å²) in [6.07, 6.45) is 4.60. The molecule has 1 N–H and O–H groups in total. The van der Waals surface area contributed by atoms with Gasteiger partial charge in [0.05, 0.1) is 6.20 Å². The Morgan fingerprint density at radius 3 is 2.56 bits per heavy atom. The van der Waals surface area contributed by atoms with Gasteiger partial charge in [-0.2, -0.15) is 5.10 Å². The lowest BCUT2D eigenvalue weighted by atomic mass is 10.0. The van der Waals surface area contributed by atoms with E-state index in [1.54, 1.807) is 4.68 Å². The third kappa shape index (κ3) is 4.27. The van der Waals surface area contributed by atoms with Crippen LogP contribution < -0.4 is 5.32 Å². The molecule has 1 aromatic heterocycles. The molecule has 0 spiro atoms. The van der Waals surface area contributed by atoms with E-state index in [9.17, 15) is 4.79 Å². The molecule has 27 heavy (non-hydrogen) atoms. The van der Waals surface area contributed by atoms with Crippen LogP contribution in [0.25, 0.3) is 11.1 Å². The first-order chi connectivity index (χ1) is 12.9. The van der Waals surface area contributed by atoms with Gasteiger partial charge in [-0.15, -0.1) is 0 Å². The van der Waals surface area contributed by atoms with Crippen molar-refractivity contribution in [1.82, 2.24) is 15.1 Å². The Morgan fingerprint density at radius 2 is 1.85 bits per heavy atom. The van der Waals surface area contributed by atoms with E-state index in [0.717, 1.165) is 17.5 Å². The lowest BCUT2D eigenvalue weighted by Gasteiger charge is -2.24. The van der Waals surface area contributed by atoms with Crippen molar-refractivity contribution in [3.05, 3.63) is 77.6 Å². The Hall–Kier alpha value is -2.88. The van der Waals surface area contributed by atoms with Gasteiger partial charge in [0, 0.05) is 18.3 Å². The molecular formula is C23H27N3O. The molecular weight excluding hydrogens is 334 g/mol. The maximum absolute atomic E-state index is 12.7. The molecule has 0 aliphatic heterocycles. The van der Waals surface area contributed by atoms with Crippen LogP contribution in [0.2, 0.25) is 0 Å². The third-order valence-electron chi connectivity index (χ3n) is 4.95. The standard InChI is InChI=1S/C23H27N3O/c1-17-10-11-21(18(2)14-17)20-15-25-26(16-20)23(3,4)22(27)24-13-12-19-8-6-5-7-9-19/h5-11,14-16H,12-13H2,1-4H3,(H,24,27). The molecule has 1 amide bonds. The molecule has 0 bridgehead atoms. The largest absolute Gasteiger partial charge is 0.354 e. The van der Waals surface area contributed by atoms with E-state index in [1.165, 1.54) is 16.7 Å². The van der Waals surface area contributed by atoms with Gasteiger partial charge >= 0.3 is 0 Å². The van der Waals surface area contributed by atoms with Crippen molar-refractivity contribution in [3.63, 3.8) is 0 Å². The van der Waals surface area contributed by atoms with E-state index in [1.807, 2.05) is 44.4 Å². The maximum atomic E-state index is 12.7. The number of nitrogens with one attached hydrogen (secondary N) is 1. The summed E-state index contributed by atoms with van der Waals surface area (Å²) in [6.45, 7) is 8.58. The molecule has 4 heteroatoms. The zero-order chi connectivity index (χ0) is 19.4. The Bertz CT molecular complexity index is 926. The van der Waals surface area contributed by atoms with E-state index in [2.05, 4.69) is 54.6 Å². The van der Waals surface area contributed by atoms with E-state index in [-0.39, 0.29) is 5.91 Å². The van der Waals surface area contributed by atoms with Crippen molar-refractivity contribution in [2.45, 2.75) is 39.7 Å². The Morgan fingerprint density at radius 1 is 1.11 bits per heavy atom. The monoisotopic (exact) mass is 361 g/mol. The summed E-state index contributed by atoms with van der Waals surface area (Å²) < 4.78 is 1.75. The second-order valence-electron chi connectivity index (χ2n) is 7.54. The fourth-order valence-corrected chi connectivity index (χ4v) is 3.19. The SMILES string of the molecule is Cc1ccc(-c2cnn(C(C)(C)C(=O)NCCc3ccccc3)c2)c(C)c1. The van der Waals surface area contributed by atoms with Crippen molar-refractivity contribution in [2.75, 3.05) is 6.54 Å². The molecule has 0 aliphatic rings. The van der Waals surface area contributed by atoms with Crippen LogP contribution >= 0.6 is 0 Å². The van der Waals surface area contributed by atoms with Crippen molar-refractivity contribution in [3.8, 4) is 11.1 Å². The Kier molecular flexibility index (Phi) is 5.45. The van der Waals surface area contributed by atoms with Gasteiger partial charge < -0.3 is 5.32 Å².